The average molecular weight is 447 g/mol. The summed E-state index contributed by atoms with van der Waals surface area (Å²) in [5.41, 5.74) is 5.45. The molecular weight excluding hydrogens is 430 g/mol. The van der Waals surface area contributed by atoms with Gasteiger partial charge in [0, 0.05) is 24.4 Å². The molecule has 0 bridgehead atoms. The van der Waals surface area contributed by atoms with Crippen molar-refractivity contribution >= 4 is 43.6 Å². The third kappa shape index (κ3) is 8.53. The highest BCUT2D eigenvalue weighted by Gasteiger charge is 2.02. The van der Waals surface area contributed by atoms with Crippen LogP contribution in [0.1, 0.15) is 34.1 Å². The maximum atomic E-state index is 11.1. The van der Waals surface area contributed by atoms with Gasteiger partial charge < -0.3 is 10.8 Å². The van der Waals surface area contributed by atoms with E-state index in [2.05, 4.69) is 47.6 Å². The number of hydrogen-bond donors (Lipinski definition) is 2. The zero-order valence-electron chi connectivity index (χ0n) is 12.7. The summed E-state index contributed by atoms with van der Waals surface area (Å²) >= 11 is 6.25. The largest absolute Gasteiger partial charge is 0.478 e. The van der Waals surface area contributed by atoms with Crippen molar-refractivity contribution in [3.63, 3.8) is 0 Å². The van der Waals surface area contributed by atoms with E-state index in [-0.39, 0.29) is 11.3 Å². The molecule has 0 unspecified atom stereocenters. The lowest BCUT2D eigenvalue weighted by molar-refractivity contribution is 0.0696. The van der Waals surface area contributed by atoms with Crippen LogP contribution in [0.2, 0.25) is 0 Å². The Labute approximate surface area is 151 Å². The molecule has 2 rings (SSSR count). The van der Waals surface area contributed by atoms with Crippen LogP contribution in [0.15, 0.2) is 45.9 Å². The number of hydrogen-bond acceptors (Lipinski definition) is 5. The van der Waals surface area contributed by atoms with Gasteiger partial charge in [0.25, 0.3) is 0 Å². The predicted molar refractivity (Wildman–Crippen MR) is 95.6 cm³/mol. The van der Waals surface area contributed by atoms with Crippen molar-refractivity contribution in [1.82, 2.24) is 9.97 Å². The molecule has 6 nitrogen and oxygen atoms in total. The summed E-state index contributed by atoms with van der Waals surface area (Å²) in [4.78, 5) is 29.1. The molecule has 0 fully saturated rings. The molecule has 2 aromatic heterocycles. The van der Waals surface area contributed by atoms with Gasteiger partial charge >= 0.3 is 5.97 Å². The van der Waals surface area contributed by atoms with E-state index in [1.807, 2.05) is 6.92 Å². The molecule has 0 aliphatic heterocycles. The van der Waals surface area contributed by atoms with E-state index in [1.165, 1.54) is 25.4 Å². The number of Topliss-reactive ketones (excluding diaryl/α,β-unsaturated/α-hetero) is 1. The molecule has 0 saturated carbocycles. The third-order valence-corrected chi connectivity index (χ3v) is 3.21. The number of rotatable bonds is 3. The average Bonchev–Trinajstić information content (AvgIpc) is 2.56. The molecule has 124 valence electrons. The van der Waals surface area contributed by atoms with Crippen LogP contribution in [0.3, 0.4) is 0 Å². The summed E-state index contributed by atoms with van der Waals surface area (Å²) in [6.45, 7) is 1.84. The molecule has 23 heavy (non-hydrogen) atoms. The minimum Gasteiger partial charge on any atom is -0.478 e. The number of carboxylic acids is 1. The Morgan fingerprint density at radius 3 is 1.83 bits per heavy atom. The van der Waals surface area contributed by atoms with Crippen LogP contribution < -0.4 is 5.73 Å². The quantitative estimate of drug-likeness (QED) is 0.551. The zero-order valence-corrected chi connectivity index (χ0v) is 15.8. The Kier molecular flexibility index (Phi) is 11.0. The number of halogens is 2. The molecule has 0 aliphatic carbocycles. The fraction of sp³-hybridized carbons (Fsp3) is 0.200. The molecular formula is C15H17Br2N3O3. The zero-order chi connectivity index (χ0) is 17.8. The summed E-state index contributed by atoms with van der Waals surface area (Å²) in [6.07, 6.45) is 3.59. The Morgan fingerprint density at radius 2 is 1.48 bits per heavy atom. The van der Waals surface area contributed by atoms with Gasteiger partial charge in [0.15, 0.2) is 5.78 Å². The fourth-order valence-electron chi connectivity index (χ4n) is 1.32. The van der Waals surface area contributed by atoms with Gasteiger partial charge in [0.05, 0.1) is 5.56 Å². The van der Waals surface area contributed by atoms with Gasteiger partial charge in [0.1, 0.15) is 9.21 Å². The lowest BCUT2D eigenvalue weighted by atomic mass is 10.1. The van der Waals surface area contributed by atoms with Crippen molar-refractivity contribution in [2.45, 2.75) is 13.3 Å². The van der Waals surface area contributed by atoms with Crippen molar-refractivity contribution in [2.24, 2.45) is 5.73 Å². The molecule has 0 aliphatic rings. The maximum absolute atomic E-state index is 11.1. The van der Waals surface area contributed by atoms with E-state index in [0.29, 0.717) is 15.6 Å². The monoisotopic (exact) mass is 445 g/mol. The van der Waals surface area contributed by atoms with E-state index < -0.39 is 5.97 Å². The first kappa shape index (κ1) is 21.4. The minimum atomic E-state index is -0.942. The number of nitrogens with zero attached hydrogens (tertiary/aromatic N) is 2. The number of carbonyl (C=O) groups is 2. The lowest BCUT2D eigenvalue weighted by Gasteiger charge is -1.95. The van der Waals surface area contributed by atoms with E-state index in [1.54, 1.807) is 18.3 Å². The third-order valence-electron chi connectivity index (χ3n) is 2.34. The molecule has 0 aromatic carbocycles. The molecule has 0 spiro atoms. The number of aromatic nitrogens is 2. The highest BCUT2D eigenvalue weighted by molar-refractivity contribution is 9.10. The molecule has 0 amide bonds. The van der Waals surface area contributed by atoms with Crippen LogP contribution >= 0.6 is 31.9 Å². The van der Waals surface area contributed by atoms with Crippen LogP contribution in [0.25, 0.3) is 0 Å². The Bertz CT molecular complexity index is 651. The lowest BCUT2D eigenvalue weighted by Crippen LogP contribution is -1.96. The van der Waals surface area contributed by atoms with E-state index >= 15 is 0 Å². The summed E-state index contributed by atoms with van der Waals surface area (Å²) < 4.78 is 1.24. The highest BCUT2D eigenvalue weighted by Crippen LogP contribution is 2.09. The smallest absolute Gasteiger partial charge is 0.335 e. The first-order valence-corrected chi connectivity index (χ1v) is 8.10. The van der Waals surface area contributed by atoms with Gasteiger partial charge in [-0.1, -0.05) is 6.92 Å². The van der Waals surface area contributed by atoms with Crippen molar-refractivity contribution in [1.29, 1.82) is 0 Å². The molecule has 2 heterocycles. The second-order valence-corrected chi connectivity index (χ2v) is 5.44. The summed E-state index contributed by atoms with van der Waals surface area (Å²) in [5.74, 6) is -0.795. The summed E-state index contributed by atoms with van der Waals surface area (Å²) in [6, 6.07) is 6.33. The van der Waals surface area contributed by atoms with Crippen molar-refractivity contribution in [2.75, 3.05) is 7.05 Å². The Morgan fingerprint density at radius 1 is 1.04 bits per heavy atom. The summed E-state index contributed by atoms with van der Waals surface area (Å²) in [7, 11) is 1.50. The van der Waals surface area contributed by atoms with E-state index in [0.717, 1.165) is 5.56 Å². The van der Waals surface area contributed by atoms with Gasteiger partial charge in [-0.15, -0.1) is 0 Å². The topological polar surface area (TPSA) is 106 Å². The number of carbonyl (C=O) groups excluding carboxylic acids is 1. The van der Waals surface area contributed by atoms with E-state index in [4.69, 9.17) is 5.11 Å². The van der Waals surface area contributed by atoms with Gasteiger partial charge in [-0.25, -0.2) is 14.8 Å². The van der Waals surface area contributed by atoms with Crippen molar-refractivity contribution in [3.05, 3.63) is 57.0 Å². The van der Waals surface area contributed by atoms with Crippen LogP contribution in [0.4, 0.5) is 0 Å². The molecule has 0 radical (unpaired) electrons. The highest BCUT2D eigenvalue weighted by atomic mass is 79.9. The molecule has 3 N–H and O–H groups in total. The van der Waals surface area contributed by atoms with Crippen LogP contribution in [0, 0.1) is 0 Å². The first-order chi connectivity index (χ1) is 10.9. The number of carboxylic acid groups (broad SMARTS) is 1. The molecule has 8 heteroatoms. The minimum absolute atomic E-state index is 0.146. The number of aromatic carboxylic acids is 1. The molecule has 0 atom stereocenters. The van der Waals surface area contributed by atoms with Crippen LogP contribution in [0.5, 0.6) is 0 Å². The summed E-state index contributed by atoms with van der Waals surface area (Å²) in [5, 5.41) is 8.46. The van der Waals surface area contributed by atoms with E-state index in [9.17, 15) is 9.59 Å². The first-order valence-electron chi connectivity index (χ1n) is 6.51. The van der Waals surface area contributed by atoms with Gasteiger partial charge in [-0.2, -0.15) is 0 Å². The SMILES string of the molecule is CCC(=O)c1ccnc(Br)c1.CN.O=C(O)c1ccnc(Br)c1. The van der Waals surface area contributed by atoms with Crippen LogP contribution in [-0.2, 0) is 0 Å². The maximum Gasteiger partial charge on any atom is 0.335 e. The second-order valence-electron chi connectivity index (χ2n) is 3.82. The van der Waals surface area contributed by atoms with Crippen LogP contribution in [-0.4, -0.2) is 33.9 Å². The van der Waals surface area contributed by atoms with Crippen molar-refractivity contribution in [3.8, 4) is 0 Å². The Hall–Kier alpha value is -1.64. The predicted octanol–water partition coefficient (Wildman–Crippen LogP) is 3.55. The van der Waals surface area contributed by atoms with Gasteiger partial charge in [-0.3, -0.25) is 4.79 Å². The Balaban J connectivity index is 0.000000381. The number of pyridine rings is 2. The number of nitrogens with two attached hydrogens (primary N) is 1. The molecule has 0 saturated heterocycles. The fourth-order valence-corrected chi connectivity index (χ4v) is 2.05. The second kappa shape index (κ2) is 11.9. The van der Waals surface area contributed by atoms with Gasteiger partial charge in [-0.05, 0) is 63.2 Å². The van der Waals surface area contributed by atoms with Crippen molar-refractivity contribution < 1.29 is 14.7 Å². The number of ketones is 1. The normalized spacial score (nSPS) is 8.91. The van der Waals surface area contributed by atoms with Gasteiger partial charge in [0.2, 0.25) is 0 Å². The molecule has 2 aromatic rings. The standard InChI is InChI=1S/C8H8BrNO.C6H4BrNO2.CH5N/c1-2-7(11)6-3-4-10-8(9)5-6;7-5-3-4(6(9)10)1-2-8-5;1-2/h3-5H,2H2,1H3;1-3H,(H,9,10);2H2,1H3.